The van der Waals surface area contributed by atoms with Crippen LogP contribution >= 0.6 is 0 Å². The quantitative estimate of drug-likeness (QED) is 0.744. The van der Waals surface area contributed by atoms with Crippen molar-refractivity contribution < 1.29 is 23.4 Å². The van der Waals surface area contributed by atoms with Crippen LogP contribution in [0.5, 0.6) is 11.5 Å². The Morgan fingerprint density at radius 1 is 1.04 bits per heavy atom. The minimum absolute atomic E-state index is 0.00235. The molecule has 2 aromatic carbocycles. The van der Waals surface area contributed by atoms with Gasteiger partial charge in [-0.3, -0.25) is 0 Å². The van der Waals surface area contributed by atoms with Crippen molar-refractivity contribution in [1.29, 1.82) is 0 Å². The summed E-state index contributed by atoms with van der Waals surface area (Å²) in [7, 11) is 0. The van der Waals surface area contributed by atoms with Crippen molar-refractivity contribution in [2.24, 2.45) is 0 Å². The van der Waals surface area contributed by atoms with Crippen LogP contribution in [0.1, 0.15) is 34.7 Å². The summed E-state index contributed by atoms with van der Waals surface area (Å²) in [5.74, 6) is -0.283. The number of aromatic hydroxyl groups is 2. The number of alkyl halides is 3. The number of rotatable bonds is 3. The topological polar surface area (TPSA) is 52.5 Å². The van der Waals surface area contributed by atoms with E-state index in [4.69, 9.17) is 0 Å². The first-order valence-electron chi connectivity index (χ1n) is 7.79. The van der Waals surface area contributed by atoms with E-state index in [-0.39, 0.29) is 17.5 Å². The minimum Gasteiger partial charge on any atom is -0.504 e. The maximum absolute atomic E-state index is 12.6. The zero-order valence-corrected chi connectivity index (χ0v) is 12.9. The Labute approximate surface area is 137 Å². The molecule has 3 nitrogen and oxygen atoms in total. The molecule has 24 heavy (non-hydrogen) atoms. The predicted molar refractivity (Wildman–Crippen MR) is 84.0 cm³/mol. The van der Waals surface area contributed by atoms with E-state index in [1.54, 1.807) is 12.1 Å². The zero-order chi connectivity index (χ0) is 17.3. The van der Waals surface area contributed by atoms with E-state index < -0.39 is 11.7 Å². The van der Waals surface area contributed by atoms with E-state index in [0.717, 1.165) is 41.8 Å². The van der Waals surface area contributed by atoms with Crippen LogP contribution in [0.15, 0.2) is 36.4 Å². The minimum atomic E-state index is -4.32. The summed E-state index contributed by atoms with van der Waals surface area (Å²) in [5.41, 5.74) is 2.11. The number of phenolic OH excluding ortho intramolecular Hbond substituents is 2. The summed E-state index contributed by atoms with van der Waals surface area (Å²) < 4.78 is 37.7. The fourth-order valence-corrected chi connectivity index (χ4v) is 3.10. The number of nitrogens with one attached hydrogen (secondary N) is 1. The number of halogens is 3. The molecular formula is C18H18F3NO2. The second-order valence-corrected chi connectivity index (χ2v) is 6.03. The zero-order valence-electron chi connectivity index (χ0n) is 12.9. The van der Waals surface area contributed by atoms with Gasteiger partial charge in [0.25, 0.3) is 0 Å². The Morgan fingerprint density at radius 2 is 1.71 bits per heavy atom. The van der Waals surface area contributed by atoms with Gasteiger partial charge in [-0.15, -0.1) is 0 Å². The molecule has 0 aliphatic carbocycles. The van der Waals surface area contributed by atoms with E-state index in [2.05, 4.69) is 5.32 Å². The molecule has 128 valence electrons. The van der Waals surface area contributed by atoms with Gasteiger partial charge in [0.2, 0.25) is 0 Å². The van der Waals surface area contributed by atoms with Crippen LogP contribution in [-0.4, -0.2) is 16.8 Å². The van der Waals surface area contributed by atoms with Gasteiger partial charge in [0.1, 0.15) is 0 Å². The number of hydrogen-bond donors (Lipinski definition) is 3. The summed E-state index contributed by atoms with van der Waals surface area (Å²) in [6.45, 7) is 0.759. The van der Waals surface area contributed by atoms with Gasteiger partial charge in [-0.2, -0.15) is 13.2 Å². The van der Waals surface area contributed by atoms with Gasteiger partial charge >= 0.3 is 6.18 Å². The van der Waals surface area contributed by atoms with Crippen LogP contribution in [0.4, 0.5) is 13.2 Å². The van der Waals surface area contributed by atoms with Gasteiger partial charge < -0.3 is 15.5 Å². The van der Waals surface area contributed by atoms with Crippen LogP contribution in [0.25, 0.3) is 0 Å². The maximum Gasteiger partial charge on any atom is 0.416 e. The molecule has 3 N–H and O–H groups in total. The molecule has 3 rings (SSSR count). The van der Waals surface area contributed by atoms with Crippen molar-refractivity contribution >= 4 is 0 Å². The first-order chi connectivity index (χ1) is 11.3. The molecule has 6 heteroatoms. The van der Waals surface area contributed by atoms with E-state index >= 15 is 0 Å². The van der Waals surface area contributed by atoms with Gasteiger partial charge in [0.15, 0.2) is 11.5 Å². The summed E-state index contributed by atoms with van der Waals surface area (Å²) in [5, 5.41) is 22.7. The lowest BCUT2D eigenvalue weighted by molar-refractivity contribution is -0.137. The fraction of sp³-hybridized carbons (Fsp3) is 0.333. The van der Waals surface area contributed by atoms with Crippen LogP contribution in [0.2, 0.25) is 0 Å². The SMILES string of the molecule is Oc1cc2c(cc1O)C(CCc1ccc(C(F)(F)F)cc1)NCC2. The molecular weight excluding hydrogens is 319 g/mol. The molecule has 0 fully saturated rings. The Kier molecular flexibility index (Phi) is 4.41. The van der Waals surface area contributed by atoms with E-state index in [9.17, 15) is 23.4 Å². The van der Waals surface area contributed by atoms with Gasteiger partial charge in [0, 0.05) is 6.04 Å². The number of benzene rings is 2. The number of aryl methyl sites for hydroxylation is 1. The van der Waals surface area contributed by atoms with Gasteiger partial charge in [-0.25, -0.2) is 0 Å². The molecule has 0 saturated carbocycles. The number of hydrogen-bond acceptors (Lipinski definition) is 3. The average Bonchev–Trinajstić information content (AvgIpc) is 2.54. The molecule has 1 aliphatic rings. The van der Waals surface area contributed by atoms with Gasteiger partial charge in [0.05, 0.1) is 5.56 Å². The Balaban J connectivity index is 1.71. The van der Waals surface area contributed by atoms with Crippen molar-refractivity contribution in [1.82, 2.24) is 5.32 Å². The molecule has 0 amide bonds. The first kappa shape index (κ1) is 16.6. The summed E-state index contributed by atoms with van der Waals surface area (Å²) >= 11 is 0. The highest BCUT2D eigenvalue weighted by molar-refractivity contribution is 5.47. The van der Waals surface area contributed by atoms with Gasteiger partial charge in [-0.05, 0) is 66.8 Å². The lowest BCUT2D eigenvalue weighted by Crippen LogP contribution is -2.30. The maximum atomic E-state index is 12.6. The molecule has 1 atom stereocenters. The Bertz CT molecular complexity index is 726. The summed E-state index contributed by atoms with van der Waals surface area (Å²) in [4.78, 5) is 0. The van der Waals surface area contributed by atoms with Gasteiger partial charge in [-0.1, -0.05) is 12.1 Å². The largest absolute Gasteiger partial charge is 0.504 e. The van der Waals surface area contributed by atoms with Crippen molar-refractivity contribution in [3.63, 3.8) is 0 Å². The molecule has 0 radical (unpaired) electrons. The van der Waals surface area contributed by atoms with E-state index in [1.165, 1.54) is 12.1 Å². The van der Waals surface area contributed by atoms with Crippen LogP contribution < -0.4 is 5.32 Å². The molecule has 1 aliphatic heterocycles. The summed E-state index contributed by atoms with van der Waals surface area (Å²) in [6, 6.07) is 8.35. The van der Waals surface area contributed by atoms with E-state index in [1.807, 2.05) is 0 Å². The molecule has 1 heterocycles. The third kappa shape index (κ3) is 3.48. The molecule has 0 bridgehead atoms. The Morgan fingerprint density at radius 3 is 2.38 bits per heavy atom. The Hall–Kier alpha value is -2.21. The number of phenols is 2. The van der Waals surface area contributed by atoms with Crippen molar-refractivity contribution in [2.45, 2.75) is 31.5 Å². The predicted octanol–water partition coefficient (Wildman–Crippen LogP) is 3.94. The second kappa shape index (κ2) is 6.36. The summed E-state index contributed by atoms with van der Waals surface area (Å²) in [6.07, 6.45) is -2.23. The lowest BCUT2D eigenvalue weighted by Gasteiger charge is -2.27. The first-order valence-corrected chi connectivity index (χ1v) is 7.79. The third-order valence-electron chi connectivity index (χ3n) is 4.40. The molecule has 1 unspecified atom stereocenters. The lowest BCUT2D eigenvalue weighted by atomic mass is 9.90. The molecule has 0 spiro atoms. The second-order valence-electron chi connectivity index (χ2n) is 6.03. The van der Waals surface area contributed by atoms with Crippen LogP contribution in [0, 0.1) is 0 Å². The highest BCUT2D eigenvalue weighted by Crippen LogP contribution is 2.35. The average molecular weight is 337 g/mol. The smallest absolute Gasteiger partial charge is 0.416 e. The van der Waals surface area contributed by atoms with Crippen LogP contribution in [0.3, 0.4) is 0 Å². The molecule has 0 saturated heterocycles. The highest BCUT2D eigenvalue weighted by atomic mass is 19.4. The molecule has 0 aromatic heterocycles. The standard InChI is InChI=1S/C18H18F3NO2/c19-18(20,21)13-4-1-11(2-5-13)3-6-15-14-10-17(24)16(23)9-12(14)7-8-22-15/h1-2,4-5,9-10,15,22-24H,3,6-8H2. The number of fused-ring (bicyclic) bond motifs is 1. The highest BCUT2D eigenvalue weighted by Gasteiger charge is 2.30. The molecule has 2 aromatic rings. The van der Waals surface area contributed by atoms with E-state index in [0.29, 0.717) is 12.8 Å². The van der Waals surface area contributed by atoms with Crippen LogP contribution in [-0.2, 0) is 19.0 Å². The fourth-order valence-electron chi connectivity index (χ4n) is 3.10. The normalized spacial score (nSPS) is 17.5. The monoisotopic (exact) mass is 337 g/mol. The van der Waals surface area contributed by atoms with Crippen molar-refractivity contribution in [3.05, 3.63) is 58.7 Å². The van der Waals surface area contributed by atoms with Crippen molar-refractivity contribution in [2.75, 3.05) is 6.54 Å². The van der Waals surface area contributed by atoms with Crippen molar-refractivity contribution in [3.8, 4) is 11.5 Å². The third-order valence-corrected chi connectivity index (χ3v) is 4.40.